The van der Waals surface area contributed by atoms with Crippen LogP contribution in [-0.2, 0) is 14.6 Å². The summed E-state index contributed by atoms with van der Waals surface area (Å²) in [6.45, 7) is 0.0682. The van der Waals surface area contributed by atoms with Crippen LogP contribution in [0.3, 0.4) is 0 Å². The summed E-state index contributed by atoms with van der Waals surface area (Å²) < 4.78 is 40.7. The largest absolute Gasteiger partial charge is 0.399 e. The fourth-order valence-corrected chi connectivity index (χ4v) is 2.30. The molecule has 0 fully saturated rings. The van der Waals surface area contributed by atoms with Gasteiger partial charge in [-0.2, -0.15) is 0 Å². The first-order valence-electron chi connectivity index (χ1n) is 4.23. The first kappa shape index (κ1) is 11.9. The molecule has 84 valence electrons. The Hall–Kier alpha value is -1.14. The lowest BCUT2D eigenvalue weighted by molar-refractivity contribution is 0.217. The minimum atomic E-state index is -3.51. The van der Waals surface area contributed by atoms with Crippen molar-refractivity contribution in [2.75, 3.05) is 25.2 Å². The standard InChI is InChI=1S/C9H12FNO3S/c1-14-2-3-15(12,13)9-5-7(10)4-8(11)6-9/h4-6H,2-3,11H2,1H3. The molecule has 0 saturated heterocycles. The molecule has 4 nitrogen and oxygen atoms in total. The number of ether oxygens (including phenoxy) is 1. The van der Waals surface area contributed by atoms with Gasteiger partial charge in [0.15, 0.2) is 9.84 Å². The molecule has 0 aliphatic heterocycles. The van der Waals surface area contributed by atoms with Crippen molar-refractivity contribution in [1.29, 1.82) is 0 Å². The maximum atomic E-state index is 12.9. The monoisotopic (exact) mass is 233 g/mol. The van der Waals surface area contributed by atoms with E-state index in [1.54, 1.807) is 0 Å². The van der Waals surface area contributed by atoms with Crippen molar-refractivity contribution in [1.82, 2.24) is 0 Å². The van der Waals surface area contributed by atoms with Gasteiger partial charge in [0, 0.05) is 12.8 Å². The fraction of sp³-hybridized carbons (Fsp3) is 0.333. The van der Waals surface area contributed by atoms with Crippen molar-refractivity contribution >= 4 is 15.5 Å². The predicted molar refractivity (Wildman–Crippen MR) is 54.7 cm³/mol. The summed E-state index contributed by atoms with van der Waals surface area (Å²) in [7, 11) is -2.11. The molecule has 15 heavy (non-hydrogen) atoms. The lowest BCUT2D eigenvalue weighted by atomic mass is 10.3. The van der Waals surface area contributed by atoms with Crippen molar-refractivity contribution in [2.45, 2.75) is 4.90 Å². The van der Waals surface area contributed by atoms with E-state index in [-0.39, 0.29) is 22.9 Å². The van der Waals surface area contributed by atoms with E-state index >= 15 is 0 Å². The van der Waals surface area contributed by atoms with E-state index in [9.17, 15) is 12.8 Å². The average molecular weight is 233 g/mol. The molecule has 0 saturated carbocycles. The Morgan fingerprint density at radius 2 is 2.07 bits per heavy atom. The van der Waals surface area contributed by atoms with Crippen molar-refractivity contribution in [2.24, 2.45) is 0 Å². The highest BCUT2D eigenvalue weighted by Crippen LogP contribution is 2.17. The SMILES string of the molecule is COCCS(=O)(=O)c1cc(N)cc(F)c1. The number of nitrogen functional groups attached to an aromatic ring is 1. The van der Waals surface area contributed by atoms with Crippen LogP contribution >= 0.6 is 0 Å². The van der Waals surface area contributed by atoms with E-state index in [0.717, 1.165) is 12.1 Å². The average Bonchev–Trinajstić information content (AvgIpc) is 2.13. The van der Waals surface area contributed by atoms with Gasteiger partial charge in [-0.3, -0.25) is 0 Å². The van der Waals surface area contributed by atoms with Gasteiger partial charge in [0.05, 0.1) is 17.3 Å². The summed E-state index contributed by atoms with van der Waals surface area (Å²) in [5, 5.41) is 0. The third-order valence-corrected chi connectivity index (χ3v) is 3.47. The van der Waals surface area contributed by atoms with Gasteiger partial charge in [0.25, 0.3) is 0 Å². The second-order valence-corrected chi connectivity index (χ2v) is 5.14. The fourth-order valence-electron chi connectivity index (χ4n) is 1.07. The van der Waals surface area contributed by atoms with Gasteiger partial charge in [0.1, 0.15) is 5.82 Å². The zero-order valence-electron chi connectivity index (χ0n) is 8.23. The molecule has 0 aliphatic rings. The molecule has 1 aromatic carbocycles. The van der Waals surface area contributed by atoms with Crippen LogP contribution in [0.25, 0.3) is 0 Å². The van der Waals surface area contributed by atoms with Gasteiger partial charge in [-0.1, -0.05) is 0 Å². The number of methoxy groups -OCH3 is 1. The van der Waals surface area contributed by atoms with Crippen LogP contribution in [0.5, 0.6) is 0 Å². The van der Waals surface area contributed by atoms with Gasteiger partial charge in [0.2, 0.25) is 0 Å². The van der Waals surface area contributed by atoms with Crippen LogP contribution in [0, 0.1) is 5.82 Å². The van der Waals surface area contributed by atoms with Gasteiger partial charge in [-0.25, -0.2) is 12.8 Å². The number of halogens is 1. The Kier molecular flexibility index (Phi) is 3.65. The Morgan fingerprint density at radius 1 is 1.40 bits per heavy atom. The number of hydrogen-bond acceptors (Lipinski definition) is 4. The molecule has 0 unspecified atom stereocenters. The molecule has 0 heterocycles. The molecular weight excluding hydrogens is 221 g/mol. The van der Waals surface area contributed by atoms with E-state index in [4.69, 9.17) is 5.73 Å². The predicted octanol–water partition coefficient (Wildman–Crippen LogP) is 0.828. The summed E-state index contributed by atoms with van der Waals surface area (Å²) >= 11 is 0. The van der Waals surface area contributed by atoms with Crippen LogP contribution in [-0.4, -0.2) is 27.9 Å². The van der Waals surface area contributed by atoms with Crippen molar-refractivity contribution in [3.8, 4) is 0 Å². The van der Waals surface area contributed by atoms with E-state index in [1.165, 1.54) is 13.2 Å². The minimum Gasteiger partial charge on any atom is -0.399 e. The van der Waals surface area contributed by atoms with Crippen molar-refractivity contribution in [3.63, 3.8) is 0 Å². The molecule has 0 atom stereocenters. The van der Waals surface area contributed by atoms with Gasteiger partial charge < -0.3 is 10.5 Å². The van der Waals surface area contributed by atoms with Gasteiger partial charge in [-0.05, 0) is 18.2 Å². The highest BCUT2D eigenvalue weighted by atomic mass is 32.2. The molecule has 0 aliphatic carbocycles. The number of benzene rings is 1. The molecule has 1 aromatic rings. The number of hydrogen-bond donors (Lipinski definition) is 1. The molecule has 2 N–H and O–H groups in total. The second-order valence-electron chi connectivity index (χ2n) is 3.03. The molecular formula is C9H12FNO3S. The number of sulfone groups is 1. The van der Waals surface area contributed by atoms with Crippen LogP contribution in [0.4, 0.5) is 10.1 Å². The zero-order valence-corrected chi connectivity index (χ0v) is 9.05. The zero-order chi connectivity index (χ0) is 11.5. The molecule has 0 radical (unpaired) electrons. The first-order valence-corrected chi connectivity index (χ1v) is 5.89. The van der Waals surface area contributed by atoms with Crippen LogP contribution in [0.2, 0.25) is 0 Å². The lowest BCUT2D eigenvalue weighted by Gasteiger charge is -2.04. The van der Waals surface area contributed by atoms with Crippen LogP contribution in [0.15, 0.2) is 23.1 Å². The Labute approximate surface area is 87.8 Å². The summed E-state index contributed by atoms with van der Waals surface area (Å²) in [6.07, 6.45) is 0. The summed E-state index contributed by atoms with van der Waals surface area (Å²) in [5.41, 5.74) is 5.44. The smallest absolute Gasteiger partial charge is 0.180 e. The van der Waals surface area contributed by atoms with E-state index in [2.05, 4.69) is 4.74 Å². The van der Waals surface area contributed by atoms with Crippen molar-refractivity contribution < 1.29 is 17.5 Å². The van der Waals surface area contributed by atoms with E-state index in [0.29, 0.717) is 0 Å². The molecule has 0 aromatic heterocycles. The van der Waals surface area contributed by atoms with Gasteiger partial charge in [-0.15, -0.1) is 0 Å². The first-order chi connectivity index (χ1) is 6.95. The number of anilines is 1. The molecule has 1 rings (SSSR count). The summed E-state index contributed by atoms with van der Waals surface area (Å²) in [5.74, 6) is -0.849. The van der Waals surface area contributed by atoms with Crippen molar-refractivity contribution in [3.05, 3.63) is 24.0 Å². The van der Waals surface area contributed by atoms with Crippen LogP contribution < -0.4 is 5.73 Å². The molecule has 0 amide bonds. The highest BCUT2D eigenvalue weighted by molar-refractivity contribution is 7.91. The van der Waals surface area contributed by atoms with E-state index < -0.39 is 15.7 Å². The Morgan fingerprint density at radius 3 is 2.60 bits per heavy atom. The number of rotatable bonds is 4. The van der Waals surface area contributed by atoms with Gasteiger partial charge >= 0.3 is 0 Å². The molecule has 0 bridgehead atoms. The number of nitrogens with two attached hydrogens (primary N) is 1. The molecule has 6 heteroatoms. The lowest BCUT2D eigenvalue weighted by Crippen LogP contribution is -2.12. The third kappa shape index (κ3) is 3.17. The maximum Gasteiger partial charge on any atom is 0.180 e. The summed E-state index contributed by atoms with van der Waals surface area (Å²) in [4.78, 5) is -0.114. The summed E-state index contributed by atoms with van der Waals surface area (Å²) in [6, 6.07) is 3.24. The normalized spacial score (nSPS) is 11.6. The highest BCUT2D eigenvalue weighted by Gasteiger charge is 2.15. The Bertz CT molecular complexity index is 424. The Balaban J connectivity index is 3.04. The maximum absolute atomic E-state index is 12.9. The topological polar surface area (TPSA) is 69.4 Å². The van der Waals surface area contributed by atoms with E-state index in [1.807, 2.05) is 0 Å². The third-order valence-electron chi connectivity index (χ3n) is 1.81. The minimum absolute atomic E-state index is 0.0682. The second kappa shape index (κ2) is 4.59. The van der Waals surface area contributed by atoms with Crippen LogP contribution in [0.1, 0.15) is 0 Å². The quantitative estimate of drug-likeness (QED) is 0.782. The molecule has 0 spiro atoms.